The fraction of sp³-hybridized carbons (Fsp3) is 0.256. The molecule has 0 fully saturated rings. The molecule has 0 saturated carbocycles. The highest BCUT2D eigenvalue weighted by Crippen LogP contribution is 2.30. The number of rotatable bonds is 12. The van der Waals surface area contributed by atoms with E-state index in [1.165, 1.54) is 0 Å². The van der Waals surface area contributed by atoms with Crippen molar-refractivity contribution in [3.05, 3.63) is 125 Å². The van der Waals surface area contributed by atoms with Gasteiger partial charge in [-0.3, -0.25) is 14.1 Å². The normalized spacial score (nSPS) is 12.8. The summed E-state index contributed by atoms with van der Waals surface area (Å²) in [6.45, 7) is 8.36. The first-order chi connectivity index (χ1) is 22.7. The molecule has 0 aliphatic heterocycles. The zero-order valence-electron chi connectivity index (χ0n) is 27.6. The summed E-state index contributed by atoms with van der Waals surface area (Å²) < 4.78 is 36.9. The standard InChI is InChI=1S/C39H40N2O6S/c1-26-24-31(19-20-32(26)38-41-34-8-5-6-10-36(34)47-38)40-37(43)33(29-15-11-27(12-16-29)21-22-39(2,3)4)25-28-13-17-30(18-14-28)35(42)9-7-23-48(44,45)46/h5-6,8,10-22,24,33H,7,9,23,25H2,1-4H3,(H,40,43)(H,44,45,46)/b22-21+. The molecule has 0 aliphatic carbocycles. The van der Waals surface area contributed by atoms with Crippen LogP contribution in [-0.4, -0.2) is 35.4 Å². The average molecular weight is 665 g/mol. The number of benzene rings is 4. The van der Waals surface area contributed by atoms with Gasteiger partial charge >= 0.3 is 0 Å². The van der Waals surface area contributed by atoms with Gasteiger partial charge in [-0.1, -0.05) is 93.6 Å². The van der Waals surface area contributed by atoms with Crippen molar-refractivity contribution in [2.75, 3.05) is 11.1 Å². The molecule has 2 N–H and O–H groups in total. The van der Waals surface area contributed by atoms with Crippen molar-refractivity contribution in [3.63, 3.8) is 0 Å². The molecule has 4 aromatic carbocycles. The van der Waals surface area contributed by atoms with Crippen LogP contribution in [0.15, 0.2) is 101 Å². The Morgan fingerprint density at radius 1 is 0.958 bits per heavy atom. The molecule has 0 aliphatic rings. The average Bonchev–Trinajstić information content (AvgIpc) is 3.46. The van der Waals surface area contributed by atoms with Crippen LogP contribution in [0.2, 0.25) is 0 Å². The highest BCUT2D eigenvalue weighted by atomic mass is 32.2. The maximum atomic E-state index is 13.9. The van der Waals surface area contributed by atoms with Crippen molar-refractivity contribution >= 4 is 44.7 Å². The number of carbonyl (C=O) groups excluding carboxylic acids is 2. The summed E-state index contributed by atoms with van der Waals surface area (Å²) in [5, 5.41) is 3.10. The van der Waals surface area contributed by atoms with Crippen molar-refractivity contribution in [1.82, 2.24) is 4.98 Å². The summed E-state index contributed by atoms with van der Waals surface area (Å²) in [6, 6.07) is 28.2. The second-order valence-electron chi connectivity index (χ2n) is 13.1. The second-order valence-corrected chi connectivity index (χ2v) is 14.7. The third-order valence-corrected chi connectivity index (χ3v) is 8.78. The van der Waals surface area contributed by atoms with Crippen LogP contribution in [-0.2, 0) is 21.3 Å². The van der Waals surface area contributed by atoms with Gasteiger partial charge in [0.15, 0.2) is 11.4 Å². The van der Waals surface area contributed by atoms with Gasteiger partial charge in [0.1, 0.15) is 5.52 Å². The van der Waals surface area contributed by atoms with Crippen LogP contribution >= 0.6 is 0 Å². The molecule has 0 bridgehead atoms. The number of Topliss-reactive ketones (excluding diaryl/α,β-unsaturated/α-hetero) is 1. The van der Waals surface area contributed by atoms with E-state index in [1.54, 1.807) is 12.1 Å². The number of aromatic nitrogens is 1. The fourth-order valence-electron chi connectivity index (χ4n) is 5.37. The summed E-state index contributed by atoms with van der Waals surface area (Å²) in [6.07, 6.45) is 4.65. The smallest absolute Gasteiger partial charge is 0.264 e. The van der Waals surface area contributed by atoms with Gasteiger partial charge in [0.2, 0.25) is 11.8 Å². The summed E-state index contributed by atoms with van der Waals surface area (Å²) in [5.74, 6) is -0.857. The molecule has 0 saturated heterocycles. The van der Waals surface area contributed by atoms with Crippen LogP contribution < -0.4 is 5.32 Å². The molecule has 0 spiro atoms. The summed E-state index contributed by atoms with van der Waals surface area (Å²) in [4.78, 5) is 31.1. The van der Waals surface area contributed by atoms with E-state index in [2.05, 4.69) is 43.2 Å². The molecule has 1 amide bonds. The predicted octanol–water partition coefficient (Wildman–Crippen LogP) is 8.68. The summed E-state index contributed by atoms with van der Waals surface area (Å²) in [5.41, 5.74) is 7.12. The molecule has 9 heteroatoms. The van der Waals surface area contributed by atoms with Gasteiger partial charge in [-0.05, 0) is 77.8 Å². The molecular formula is C39H40N2O6S. The van der Waals surface area contributed by atoms with Crippen molar-refractivity contribution in [2.24, 2.45) is 5.41 Å². The Balaban J connectivity index is 1.36. The third kappa shape index (κ3) is 9.36. The first-order valence-corrected chi connectivity index (χ1v) is 17.5. The Kier molecular flexibility index (Phi) is 10.4. The number of fused-ring (bicyclic) bond motifs is 1. The highest BCUT2D eigenvalue weighted by Gasteiger charge is 2.23. The van der Waals surface area contributed by atoms with E-state index in [0.29, 0.717) is 29.1 Å². The minimum absolute atomic E-state index is 0.00475. The Hall–Kier alpha value is -4.86. The minimum atomic E-state index is -4.12. The van der Waals surface area contributed by atoms with Crippen molar-refractivity contribution in [1.29, 1.82) is 0 Å². The number of anilines is 1. The maximum absolute atomic E-state index is 13.9. The van der Waals surface area contributed by atoms with Crippen LogP contribution in [0.25, 0.3) is 28.6 Å². The van der Waals surface area contributed by atoms with Crippen LogP contribution in [0.5, 0.6) is 0 Å². The number of hydrogen-bond acceptors (Lipinski definition) is 6. The Bertz CT molecular complexity index is 2020. The van der Waals surface area contributed by atoms with Crippen LogP contribution in [0.1, 0.15) is 72.1 Å². The summed E-state index contributed by atoms with van der Waals surface area (Å²) in [7, 11) is -4.12. The number of ketones is 1. The van der Waals surface area contributed by atoms with Gasteiger partial charge in [-0.15, -0.1) is 0 Å². The lowest BCUT2D eigenvalue weighted by atomic mass is 9.89. The lowest BCUT2D eigenvalue weighted by Gasteiger charge is -2.19. The Morgan fingerprint density at radius 2 is 1.67 bits per heavy atom. The lowest BCUT2D eigenvalue weighted by molar-refractivity contribution is -0.117. The minimum Gasteiger partial charge on any atom is -0.436 e. The van der Waals surface area contributed by atoms with E-state index in [9.17, 15) is 18.0 Å². The van der Waals surface area contributed by atoms with Gasteiger partial charge < -0.3 is 9.73 Å². The molecule has 48 heavy (non-hydrogen) atoms. The number of amides is 1. The number of aryl methyl sites for hydroxylation is 1. The van der Waals surface area contributed by atoms with Crippen LogP contribution in [0, 0.1) is 12.3 Å². The van der Waals surface area contributed by atoms with Gasteiger partial charge in [-0.25, -0.2) is 4.98 Å². The SMILES string of the molecule is Cc1cc(NC(=O)C(Cc2ccc(C(=O)CCCS(=O)(=O)O)cc2)c2ccc(/C=C/C(C)(C)C)cc2)ccc1-c1nc2ccccc2o1. The molecular weight excluding hydrogens is 625 g/mol. The Morgan fingerprint density at radius 3 is 2.31 bits per heavy atom. The third-order valence-electron chi connectivity index (χ3n) is 7.97. The van der Waals surface area contributed by atoms with Crippen LogP contribution in [0.4, 0.5) is 5.69 Å². The number of para-hydroxylation sites is 2. The molecule has 1 aromatic heterocycles. The van der Waals surface area contributed by atoms with Crippen LogP contribution in [0.3, 0.4) is 0 Å². The molecule has 8 nitrogen and oxygen atoms in total. The second kappa shape index (κ2) is 14.5. The first kappa shape index (κ1) is 34.5. The number of nitrogens with one attached hydrogen (secondary N) is 1. The number of carbonyl (C=O) groups is 2. The number of hydrogen-bond donors (Lipinski definition) is 2. The van der Waals surface area contributed by atoms with Gasteiger partial charge in [-0.2, -0.15) is 8.42 Å². The van der Waals surface area contributed by atoms with Crippen molar-refractivity contribution in [3.8, 4) is 11.5 Å². The Labute approximate surface area is 281 Å². The summed E-state index contributed by atoms with van der Waals surface area (Å²) >= 11 is 0. The van der Waals surface area contributed by atoms with Gasteiger partial charge in [0, 0.05) is 23.2 Å². The maximum Gasteiger partial charge on any atom is 0.264 e. The largest absolute Gasteiger partial charge is 0.436 e. The van der Waals surface area contributed by atoms with E-state index < -0.39 is 21.8 Å². The van der Waals surface area contributed by atoms with E-state index >= 15 is 0 Å². The molecule has 248 valence electrons. The fourth-order valence-corrected chi connectivity index (χ4v) is 5.88. The molecule has 1 unspecified atom stereocenters. The molecule has 1 heterocycles. The van der Waals surface area contributed by atoms with E-state index in [4.69, 9.17) is 8.97 Å². The lowest BCUT2D eigenvalue weighted by Crippen LogP contribution is -2.23. The topological polar surface area (TPSA) is 127 Å². The molecule has 0 radical (unpaired) electrons. The first-order valence-electron chi connectivity index (χ1n) is 15.9. The number of nitrogens with zero attached hydrogens (tertiary/aromatic N) is 1. The van der Waals surface area contributed by atoms with Crippen molar-refractivity contribution < 1.29 is 27.0 Å². The quantitative estimate of drug-likeness (QED) is 0.101. The van der Waals surface area contributed by atoms with Gasteiger partial charge in [0.05, 0.1) is 11.7 Å². The number of oxazole rings is 1. The van der Waals surface area contributed by atoms with E-state index in [-0.39, 0.29) is 29.9 Å². The highest BCUT2D eigenvalue weighted by molar-refractivity contribution is 7.85. The molecule has 5 aromatic rings. The van der Waals surface area contributed by atoms with Gasteiger partial charge in [0.25, 0.3) is 10.1 Å². The van der Waals surface area contributed by atoms with E-state index in [1.807, 2.05) is 85.8 Å². The predicted molar refractivity (Wildman–Crippen MR) is 191 cm³/mol. The monoisotopic (exact) mass is 664 g/mol. The molecule has 1 atom stereocenters. The zero-order chi connectivity index (χ0) is 34.5. The van der Waals surface area contributed by atoms with Crippen molar-refractivity contribution in [2.45, 2.75) is 52.9 Å². The van der Waals surface area contributed by atoms with E-state index in [0.717, 1.165) is 33.3 Å². The number of allylic oxidation sites excluding steroid dienone is 1. The zero-order valence-corrected chi connectivity index (χ0v) is 28.4. The molecule has 5 rings (SSSR count).